The number of benzene rings is 2. The van der Waals surface area contributed by atoms with Crippen LogP contribution >= 0.6 is 0 Å². The van der Waals surface area contributed by atoms with Gasteiger partial charge in [-0.25, -0.2) is 0 Å². The molecule has 1 saturated heterocycles. The van der Waals surface area contributed by atoms with E-state index < -0.39 is 0 Å². The smallest absolute Gasteiger partial charge is 0.260 e. The largest absolute Gasteiger partial charge is 0.483 e. The lowest BCUT2D eigenvalue weighted by Gasteiger charge is -2.22. The number of ether oxygens (including phenoxy) is 2. The Labute approximate surface area is 135 Å². The van der Waals surface area contributed by atoms with Crippen LogP contribution in [0.4, 0.5) is 0 Å². The first-order chi connectivity index (χ1) is 11.2. The molecule has 0 unspecified atom stereocenters. The predicted octanol–water partition coefficient (Wildman–Crippen LogP) is 1.83. The number of fused-ring (bicyclic) bond motifs is 1. The lowest BCUT2D eigenvalue weighted by Crippen LogP contribution is -2.40. The van der Waals surface area contributed by atoms with Crippen LogP contribution in [0.25, 0.3) is 10.8 Å². The molecule has 1 aliphatic heterocycles. The normalized spacial score (nSPS) is 20.9. The number of hydrogen-bond donors (Lipinski definition) is 1. The lowest BCUT2D eigenvalue weighted by atomic mass is 10.1. The first-order valence-electron chi connectivity index (χ1n) is 7.76. The molecule has 0 spiro atoms. The number of nitrogens with zero attached hydrogens (tertiary/aromatic N) is 1. The highest BCUT2D eigenvalue weighted by Crippen LogP contribution is 2.26. The van der Waals surface area contributed by atoms with E-state index in [2.05, 4.69) is 0 Å². The molecule has 0 aliphatic carbocycles. The molecular formula is C18H21NO4. The summed E-state index contributed by atoms with van der Waals surface area (Å²) in [4.78, 5) is 14.1. The molecule has 2 aromatic rings. The van der Waals surface area contributed by atoms with Crippen molar-refractivity contribution in [3.63, 3.8) is 0 Å². The van der Waals surface area contributed by atoms with E-state index in [9.17, 15) is 9.90 Å². The van der Waals surface area contributed by atoms with Crippen LogP contribution in [-0.2, 0) is 9.53 Å². The maximum atomic E-state index is 12.4. The molecule has 2 atom stereocenters. The third-order valence-electron chi connectivity index (χ3n) is 4.34. The number of amides is 1. The minimum absolute atomic E-state index is 0.0198. The number of carbonyl (C=O) groups is 1. The van der Waals surface area contributed by atoms with E-state index in [-0.39, 0.29) is 31.3 Å². The fourth-order valence-electron chi connectivity index (χ4n) is 3.07. The van der Waals surface area contributed by atoms with Crippen molar-refractivity contribution in [1.29, 1.82) is 0 Å². The molecule has 3 rings (SSSR count). The van der Waals surface area contributed by atoms with Gasteiger partial charge in [-0.1, -0.05) is 36.4 Å². The van der Waals surface area contributed by atoms with Gasteiger partial charge in [-0.2, -0.15) is 0 Å². The zero-order valence-corrected chi connectivity index (χ0v) is 13.1. The number of hydrogen-bond acceptors (Lipinski definition) is 4. The molecule has 23 heavy (non-hydrogen) atoms. The van der Waals surface area contributed by atoms with Crippen molar-refractivity contribution in [2.24, 2.45) is 0 Å². The van der Waals surface area contributed by atoms with Crippen LogP contribution in [0.1, 0.15) is 6.42 Å². The number of carbonyl (C=O) groups excluding carboxylic acids is 1. The summed E-state index contributed by atoms with van der Waals surface area (Å²) >= 11 is 0. The maximum Gasteiger partial charge on any atom is 0.260 e. The van der Waals surface area contributed by atoms with Crippen LogP contribution < -0.4 is 4.74 Å². The summed E-state index contributed by atoms with van der Waals surface area (Å²) in [5, 5.41) is 11.5. The summed E-state index contributed by atoms with van der Waals surface area (Å²) in [5.74, 6) is 0.566. The van der Waals surface area contributed by atoms with Gasteiger partial charge in [0.05, 0.1) is 18.8 Å². The van der Waals surface area contributed by atoms with Crippen LogP contribution in [0.2, 0.25) is 0 Å². The SMILES string of the molecule is CO[C@@H]1C[C@@H](CO)N(C(=O)COc2cccc3ccccc23)C1. The molecule has 0 bridgehead atoms. The highest BCUT2D eigenvalue weighted by Gasteiger charge is 2.34. The first-order valence-corrected chi connectivity index (χ1v) is 7.76. The summed E-state index contributed by atoms with van der Waals surface area (Å²) in [6.07, 6.45) is 0.640. The zero-order valence-electron chi connectivity index (χ0n) is 13.1. The summed E-state index contributed by atoms with van der Waals surface area (Å²) in [7, 11) is 1.62. The molecule has 1 fully saturated rings. The second-order valence-electron chi connectivity index (χ2n) is 5.74. The van der Waals surface area contributed by atoms with Crippen LogP contribution in [-0.4, -0.2) is 54.9 Å². The molecule has 5 heteroatoms. The fraction of sp³-hybridized carbons (Fsp3) is 0.389. The van der Waals surface area contributed by atoms with E-state index in [1.807, 2.05) is 42.5 Å². The quantitative estimate of drug-likeness (QED) is 0.914. The van der Waals surface area contributed by atoms with E-state index in [4.69, 9.17) is 9.47 Å². The lowest BCUT2D eigenvalue weighted by molar-refractivity contribution is -0.135. The second kappa shape index (κ2) is 6.98. The van der Waals surface area contributed by atoms with Crippen molar-refractivity contribution in [2.75, 3.05) is 26.9 Å². The van der Waals surface area contributed by atoms with Crippen molar-refractivity contribution < 1.29 is 19.4 Å². The fourth-order valence-corrected chi connectivity index (χ4v) is 3.07. The van der Waals surface area contributed by atoms with Gasteiger partial charge in [0.15, 0.2) is 6.61 Å². The van der Waals surface area contributed by atoms with Crippen molar-refractivity contribution >= 4 is 16.7 Å². The molecule has 1 heterocycles. The molecule has 1 amide bonds. The maximum absolute atomic E-state index is 12.4. The monoisotopic (exact) mass is 315 g/mol. The van der Waals surface area contributed by atoms with Gasteiger partial charge in [0.25, 0.3) is 5.91 Å². The van der Waals surface area contributed by atoms with Crippen molar-refractivity contribution in [3.05, 3.63) is 42.5 Å². The summed E-state index contributed by atoms with van der Waals surface area (Å²) in [6.45, 7) is 0.403. The number of rotatable bonds is 5. The van der Waals surface area contributed by atoms with Gasteiger partial charge in [0.2, 0.25) is 0 Å². The second-order valence-corrected chi connectivity index (χ2v) is 5.74. The molecule has 1 aliphatic rings. The Balaban J connectivity index is 1.69. The van der Waals surface area contributed by atoms with Crippen molar-refractivity contribution in [3.8, 4) is 5.75 Å². The van der Waals surface area contributed by atoms with Gasteiger partial charge in [-0.15, -0.1) is 0 Å². The number of methoxy groups -OCH3 is 1. The molecule has 0 saturated carbocycles. The minimum atomic E-state index is -0.191. The Bertz CT molecular complexity index is 682. The van der Waals surface area contributed by atoms with Crippen LogP contribution in [0.3, 0.4) is 0 Å². The predicted molar refractivity (Wildman–Crippen MR) is 87.4 cm³/mol. The molecule has 122 valence electrons. The average molecular weight is 315 g/mol. The van der Waals surface area contributed by atoms with E-state index in [1.165, 1.54) is 0 Å². The Hall–Kier alpha value is -2.11. The van der Waals surface area contributed by atoms with E-state index >= 15 is 0 Å². The number of likely N-dealkylation sites (tertiary alicyclic amines) is 1. The van der Waals surface area contributed by atoms with Crippen molar-refractivity contribution in [2.45, 2.75) is 18.6 Å². The summed E-state index contributed by atoms with van der Waals surface area (Å²) in [6, 6.07) is 13.5. The van der Waals surface area contributed by atoms with Crippen molar-refractivity contribution in [1.82, 2.24) is 4.90 Å². The molecule has 2 aromatic carbocycles. The van der Waals surface area contributed by atoms with Gasteiger partial charge >= 0.3 is 0 Å². The van der Waals surface area contributed by atoms with E-state index in [0.29, 0.717) is 18.7 Å². The van der Waals surface area contributed by atoms with Gasteiger partial charge in [0.1, 0.15) is 5.75 Å². The Morgan fingerprint density at radius 2 is 2.04 bits per heavy atom. The molecule has 0 radical (unpaired) electrons. The van der Waals surface area contributed by atoms with Crippen LogP contribution in [0.5, 0.6) is 5.75 Å². The Morgan fingerprint density at radius 3 is 2.83 bits per heavy atom. The van der Waals surface area contributed by atoms with Gasteiger partial charge < -0.3 is 19.5 Å². The van der Waals surface area contributed by atoms with Gasteiger partial charge in [-0.3, -0.25) is 4.79 Å². The topological polar surface area (TPSA) is 59.0 Å². The van der Waals surface area contributed by atoms with Crippen LogP contribution in [0, 0.1) is 0 Å². The summed E-state index contributed by atoms with van der Waals surface area (Å²) < 4.78 is 11.0. The molecule has 0 aromatic heterocycles. The molecule has 5 nitrogen and oxygen atoms in total. The van der Waals surface area contributed by atoms with Gasteiger partial charge in [-0.05, 0) is 17.9 Å². The highest BCUT2D eigenvalue weighted by molar-refractivity contribution is 5.88. The van der Waals surface area contributed by atoms with Gasteiger partial charge in [0, 0.05) is 19.0 Å². The average Bonchev–Trinajstić information content (AvgIpc) is 3.03. The highest BCUT2D eigenvalue weighted by atomic mass is 16.5. The zero-order chi connectivity index (χ0) is 16.2. The third-order valence-corrected chi connectivity index (χ3v) is 4.34. The first kappa shape index (κ1) is 15.8. The van der Waals surface area contributed by atoms with E-state index in [0.717, 1.165) is 10.8 Å². The molecular weight excluding hydrogens is 294 g/mol. The number of aliphatic hydroxyl groups is 1. The summed E-state index contributed by atoms with van der Waals surface area (Å²) in [5.41, 5.74) is 0. The molecule has 1 N–H and O–H groups in total. The Morgan fingerprint density at radius 1 is 1.26 bits per heavy atom. The van der Waals surface area contributed by atoms with Crippen LogP contribution in [0.15, 0.2) is 42.5 Å². The Kier molecular flexibility index (Phi) is 4.79. The minimum Gasteiger partial charge on any atom is -0.483 e. The van der Waals surface area contributed by atoms with E-state index in [1.54, 1.807) is 12.0 Å². The third kappa shape index (κ3) is 3.30. The standard InChI is InChI=1S/C18H21NO4/c1-22-15-9-14(11-20)19(10-15)18(21)12-23-17-8-4-6-13-5-2-3-7-16(13)17/h2-8,14-15,20H,9-12H2,1H3/t14-,15+/m0/s1. The number of aliphatic hydroxyl groups excluding tert-OH is 1.